The monoisotopic (exact) mass is 306 g/mol. The number of hydrogen-bond acceptors (Lipinski definition) is 4. The standard InChI is InChI=1S/C18H26O4/c1-2-3-4-5-6-9-17(21)18(22)12-11-14-8-7-10-16(20)15(14)13-19/h6-12,17-22H,2-5,13H2,1H3/b9-6+,12-11+. The lowest BCUT2D eigenvalue weighted by atomic mass is 10.0. The van der Waals surface area contributed by atoms with Crippen LogP contribution < -0.4 is 0 Å². The maximum atomic E-state index is 9.90. The van der Waals surface area contributed by atoms with Gasteiger partial charge in [0.25, 0.3) is 0 Å². The van der Waals surface area contributed by atoms with Crippen molar-refractivity contribution in [3.05, 3.63) is 47.6 Å². The summed E-state index contributed by atoms with van der Waals surface area (Å²) < 4.78 is 0. The van der Waals surface area contributed by atoms with E-state index in [1.165, 1.54) is 12.1 Å². The van der Waals surface area contributed by atoms with Gasteiger partial charge in [0.15, 0.2) is 0 Å². The minimum Gasteiger partial charge on any atom is -0.508 e. The van der Waals surface area contributed by atoms with Gasteiger partial charge in [-0.1, -0.05) is 56.2 Å². The Bertz CT molecular complexity index is 494. The first-order chi connectivity index (χ1) is 10.6. The summed E-state index contributed by atoms with van der Waals surface area (Å²) in [7, 11) is 0. The van der Waals surface area contributed by atoms with E-state index >= 15 is 0 Å². The molecule has 0 aromatic heterocycles. The summed E-state index contributed by atoms with van der Waals surface area (Å²) in [4.78, 5) is 0. The van der Waals surface area contributed by atoms with E-state index in [4.69, 9.17) is 0 Å². The largest absolute Gasteiger partial charge is 0.508 e. The molecular weight excluding hydrogens is 280 g/mol. The van der Waals surface area contributed by atoms with Crippen molar-refractivity contribution in [2.45, 2.75) is 51.4 Å². The first-order valence-electron chi connectivity index (χ1n) is 7.72. The third kappa shape index (κ3) is 6.02. The normalized spacial score (nSPS) is 14.7. The number of benzene rings is 1. The Morgan fingerprint density at radius 1 is 1.09 bits per heavy atom. The van der Waals surface area contributed by atoms with E-state index < -0.39 is 12.2 Å². The third-order valence-corrected chi connectivity index (χ3v) is 3.48. The fourth-order valence-corrected chi connectivity index (χ4v) is 2.10. The van der Waals surface area contributed by atoms with Gasteiger partial charge in [0, 0.05) is 5.56 Å². The SMILES string of the molecule is CCCCC/C=C/C(O)C(O)/C=C/c1cccc(O)c1CO. The average Bonchev–Trinajstić information content (AvgIpc) is 2.52. The van der Waals surface area contributed by atoms with E-state index in [1.54, 1.807) is 24.3 Å². The molecule has 0 heterocycles. The van der Waals surface area contributed by atoms with Gasteiger partial charge in [-0.2, -0.15) is 0 Å². The molecule has 0 bridgehead atoms. The topological polar surface area (TPSA) is 80.9 Å². The van der Waals surface area contributed by atoms with Gasteiger partial charge in [-0.25, -0.2) is 0 Å². The van der Waals surface area contributed by atoms with Crippen LogP contribution in [0.1, 0.15) is 43.7 Å². The summed E-state index contributed by atoms with van der Waals surface area (Å²) in [5, 5.41) is 38.6. The van der Waals surface area contributed by atoms with Crippen LogP contribution in [0.3, 0.4) is 0 Å². The van der Waals surface area contributed by atoms with Crippen molar-refractivity contribution in [2.75, 3.05) is 0 Å². The lowest BCUT2D eigenvalue weighted by Crippen LogP contribution is -2.21. The summed E-state index contributed by atoms with van der Waals surface area (Å²) in [5.41, 5.74) is 1.01. The molecule has 0 spiro atoms. The molecule has 2 atom stereocenters. The molecule has 1 aromatic carbocycles. The second-order valence-corrected chi connectivity index (χ2v) is 5.27. The highest BCUT2D eigenvalue weighted by molar-refractivity contribution is 5.58. The van der Waals surface area contributed by atoms with Gasteiger partial charge < -0.3 is 20.4 Å². The zero-order valence-electron chi connectivity index (χ0n) is 13.0. The Morgan fingerprint density at radius 2 is 1.82 bits per heavy atom. The van der Waals surface area contributed by atoms with Crippen LogP contribution in [0.5, 0.6) is 5.75 Å². The maximum Gasteiger partial charge on any atom is 0.121 e. The molecule has 0 fully saturated rings. The van der Waals surface area contributed by atoms with E-state index in [0.29, 0.717) is 11.1 Å². The molecule has 122 valence electrons. The first-order valence-corrected chi connectivity index (χ1v) is 7.72. The zero-order valence-corrected chi connectivity index (χ0v) is 13.0. The predicted octanol–water partition coefficient (Wildman–Crippen LogP) is 2.76. The summed E-state index contributed by atoms with van der Waals surface area (Å²) in [6.45, 7) is 1.84. The van der Waals surface area contributed by atoms with Gasteiger partial charge in [-0.05, 0) is 24.5 Å². The minimum atomic E-state index is -1.03. The molecular formula is C18H26O4. The molecule has 1 rings (SSSR count). The van der Waals surface area contributed by atoms with Crippen molar-refractivity contribution in [1.29, 1.82) is 0 Å². The number of hydrogen-bond donors (Lipinski definition) is 4. The first kappa shape index (κ1) is 18.4. The highest BCUT2D eigenvalue weighted by Crippen LogP contribution is 2.22. The van der Waals surface area contributed by atoms with Crippen LogP contribution in [0.2, 0.25) is 0 Å². The second kappa shape index (κ2) is 10.2. The van der Waals surface area contributed by atoms with E-state index in [2.05, 4.69) is 6.92 Å². The number of unbranched alkanes of at least 4 members (excludes halogenated alkanes) is 3. The summed E-state index contributed by atoms with van der Waals surface area (Å²) in [6.07, 6.45) is 8.80. The Hall–Kier alpha value is -1.62. The quantitative estimate of drug-likeness (QED) is 0.418. The molecule has 4 heteroatoms. The Labute approximate surface area is 132 Å². The van der Waals surface area contributed by atoms with Gasteiger partial charge in [0.2, 0.25) is 0 Å². The number of aliphatic hydroxyl groups excluding tert-OH is 3. The van der Waals surface area contributed by atoms with Gasteiger partial charge in [0.1, 0.15) is 18.0 Å². The van der Waals surface area contributed by atoms with Crippen molar-refractivity contribution < 1.29 is 20.4 Å². The van der Waals surface area contributed by atoms with E-state index in [0.717, 1.165) is 25.7 Å². The molecule has 0 aliphatic carbocycles. The fraction of sp³-hybridized carbons (Fsp3) is 0.444. The van der Waals surface area contributed by atoms with E-state index in [1.807, 2.05) is 6.08 Å². The van der Waals surface area contributed by atoms with E-state index in [9.17, 15) is 20.4 Å². The second-order valence-electron chi connectivity index (χ2n) is 5.27. The number of phenols is 1. The molecule has 2 unspecified atom stereocenters. The molecule has 0 radical (unpaired) electrons. The Balaban J connectivity index is 2.60. The summed E-state index contributed by atoms with van der Waals surface area (Å²) in [6, 6.07) is 4.87. The van der Waals surface area contributed by atoms with Crippen LogP contribution in [-0.4, -0.2) is 32.6 Å². The van der Waals surface area contributed by atoms with Gasteiger partial charge in [0.05, 0.1) is 6.61 Å². The number of aliphatic hydroxyl groups is 3. The maximum absolute atomic E-state index is 9.90. The Kier molecular flexibility index (Phi) is 8.51. The van der Waals surface area contributed by atoms with Crippen LogP contribution in [0, 0.1) is 0 Å². The lowest BCUT2D eigenvalue weighted by molar-refractivity contribution is 0.0811. The van der Waals surface area contributed by atoms with Crippen molar-refractivity contribution >= 4 is 6.08 Å². The molecule has 22 heavy (non-hydrogen) atoms. The van der Waals surface area contributed by atoms with Gasteiger partial charge in [-0.15, -0.1) is 0 Å². The van der Waals surface area contributed by atoms with Crippen molar-refractivity contribution in [1.82, 2.24) is 0 Å². The van der Waals surface area contributed by atoms with Crippen LogP contribution in [0.25, 0.3) is 6.08 Å². The molecule has 0 saturated heterocycles. The molecule has 0 amide bonds. The molecule has 4 nitrogen and oxygen atoms in total. The smallest absolute Gasteiger partial charge is 0.121 e. The van der Waals surface area contributed by atoms with Crippen LogP contribution in [0.4, 0.5) is 0 Å². The summed E-state index contributed by atoms with van der Waals surface area (Å²) >= 11 is 0. The average molecular weight is 306 g/mol. The van der Waals surface area contributed by atoms with Gasteiger partial charge in [-0.3, -0.25) is 0 Å². The molecule has 0 aliphatic heterocycles. The highest BCUT2D eigenvalue weighted by atomic mass is 16.3. The molecule has 0 aliphatic rings. The third-order valence-electron chi connectivity index (χ3n) is 3.48. The Morgan fingerprint density at radius 3 is 2.50 bits per heavy atom. The number of aromatic hydroxyl groups is 1. The predicted molar refractivity (Wildman–Crippen MR) is 88.4 cm³/mol. The van der Waals surface area contributed by atoms with E-state index in [-0.39, 0.29) is 12.4 Å². The molecule has 4 N–H and O–H groups in total. The minimum absolute atomic E-state index is 0.00973. The van der Waals surface area contributed by atoms with Crippen LogP contribution in [-0.2, 0) is 6.61 Å². The highest BCUT2D eigenvalue weighted by Gasteiger charge is 2.10. The lowest BCUT2D eigenvalue weighted by Gasteiger charge is -2.11. The van der Waals surface area contributed by atoms with Crippen LogP contribution >= 0.6 is 0 Å². The van der Waals surface area contributed by atoms with Crippen molar-refractivity contribution in [2.24, 2.45) is 0 Å². The van der Waals surface area contributed by atoms with Crippen molar-refractivity contribution in [3.63, 3.8) is 0 Å². The number of rotatable bonds is 9. The van der Waals surface area contributed by atoms with Crippen molar-refractivity contribution in [3.8, 4) is 5.75 Å². The molecule has 0 saturated carbocycles. The zero-order chi connectivity index (χ0) is 16.4. The van der Waals surface area contributed by atoms with Crippen LogP contribution in [0.15, 0.2) is 36.4 Å². The molecule has 1 aromatic rings. The fourth-order valence-electron chi connectivity index (χ4n) is 2.10. The number of allylic oxidation sites excluding steroid dienone is 1. The van der Waals surface area contributed by atoms with Gasteiger partial charge >= 0.3 is 0 Å². The summed E-state index contributed by atoms with van der Waals surface area (Å²) in [5.74, 6) is 0.00973.